The topological polar surface area (TPSA) is 50.4 Å². The summed E-state index contributed by atoms with van der Waals surface area (Å²) in [5.41, 5.74) is 4.39. The lowest BCUT2D eigenvalue weighted by Gasteiger charge is -2.31. The quantitative estimate of drug-likeness (QED) is 0.842. The first kappa shape index (κ1) is 15.3. The summed E-state index contributed by atoms with van der Waals surface area (Å²) < 4.78 is 18.3. The van der Waals surface area contributed by atoms with Crippen LogP contribution in [0.15, 0.2) is 53.5 Å². The SMILES string of the molecule is CCC1=C(c2cccc(F)c2)NC2=CCC(C(=O)OC)C=C2N1. The fourth-order valence-electron chi connectivity index (χ4n) is 2.85. The van der Waals surface area contributed by atoms with E-state index in [2.05, 4.69) is 10.6 Å². The molecule has 1 aromatic carbocycles. The van der Waals surface area contributed by atoms with Crippen molar-refractivity contribution in [3.05, 3.63) is 64.9 Å². The van der Waals surface area contributed by atoms with E-state index >= 15 is 0 Å². The molecule has 1 atom stereocenters. The van der Waals surface area contributed by atoms with E-state index in [0.717, 1.165) is 34.8 Å². The molecule has 0 saturated carbocycles. The number of halogens is 1. The number of methoxy groups -OCH3 is 1. The molecule has 0 amide bonds. The highest BCUT2D eigenvalue weighted by Crippen LogP contribution is 2.30. The molecule has 2 aliphatic rings. The van der Waals surface area contributed by atoms with Gasteiger partial charge in [0.25, 0.3) is 0 Å². The predicted molar refractivity (Wildman–Crippen MR) is 86.2 cm³/mol. The normalized spacial score (nSPS) is 19.9. The summed E-state index contributed by atoms with van der Waals surface area (Å²) in [7, 11) is 1.39. The molecule has 0 radical (unpaired) electrons. The number of nitrogens with one attached hydrogen (secondary N) is 2. The van der Waals surface area contributed by atoms with Crippen molar-refractivity contribution in [2.75, 3.05) is 7.11 Å². The molecule has 0 bridgehead atoms. The van der Waals surface area contributed by atoms with Crippen LogP contribution in [0.25, 0.3) is 5.70 Å². The number of hydrogen-bond donors (Lipinski definition) is 2. The van der Waals surface area contributed by atoms with Crippen LogP contribution in [0.3, 0.4) is 0 Å². The predicted octanol–water partition coefficient (Wildman–Crippen LogP) is 3.06. The smallest absolute Gasteiger partial charge is 0.312 e. The fraction of sp³-hybridized carbons (Fsp3) is 0.278. The second-order valence-electron chi connectivity index (χ2n) is 5.53. The molecule has 0 fully saturated rings. The van der Waals surface area contributed by atoms with Crippen LogP contribution in [-0.2, 0) is 9.53 Å². The second kappa shape index (κ2) is 6.28. The molecule has 1 aromatic rings. The van der Waals surface area contributed by atoms with Crippen molar-refractivity contribution in [3.63, 3.8) is 0 Å². The number of fused-ring (bicyclic) bond motifs is 1. The minimum absolute atomic E-state index is 0.243. The molecule has 1 unspecified atom stereocenters. The van der Waals surface area contributed by atoms with E-state index < -0.39 is 0 Å². The highest BCUT2D eigenvalue weighted by atomic mass is 19.1. The van der Waals surface area contributed by atoms with Gasteiger partial charge >= 0.3 is 5.97 Å². The third kappa shape index (κ3) is 2.99. The van der Waals surface area contributed by atoms with Crippen LogP contribution < -0.4 is 10.6 Å². The zero-order valence-electron chi connectivity index (χ0n) is 13.2. The van der Waals surface area contributed by atoms with E-state index in [-0.39, 0.29) is 17.7 Å². The Balaban J connectivity index is 1.95. The highest BCUT2D eigenvalue weighted by Gasteiger charge is 2.26. The van der Waals surface area contributed by atoms with Crippen LogP contribution in [0.5, 0.6) is 0 Å². The molecule has 0 saturated heterocycles. The summed E-state index contributed by atoms with van der Waals surface area (Å²) in [5, 5.41) is 6.73. The van der Waals surface area contributed by atoms with Crippen LogP contribution in [0, 0.1) is 11.7 Å². The number of allylic oxidation sites excluding steroid dienone is 2. The molecule has 120 valence electrons. The number of benzene rings is 1. The highest BCUT2D eigenvalue weighted by molar-refractivity contribution is 5.77. The number of carbonyl (C=O) groups excluding carboxylic acids is 1. The van der Waals surface area contributed by atoms with Gasteiger partial charge in [0, 0.05) is 11.3 Å². The minimum atomic E-state index is -0.276. The van der Waals surface area contributed by atoms with Gasteiger partial charge in [0.15, 0.2) is 0 Å². The second-order valence-corrected chi connectivity index (χ2v) is 5.53. The standard InChI is InChI=1S/C18H19FN2O2/c1-3-14-17(11-5-4-6-13(19)9-11)21-15-8-7-12(18(22)23-2)10-16(15)20-14/h4-6,8-10,12,20-21H,3,7H2,1-2H3. The molecule has 1 aliphatic heterocycles. The Labute approximate surface area is 134 Å². The number of hydrogen-bond acceptors (Lipinski definition) is 4. The van der Waals surface area contributed by atoms with Crippen molar-refractivity contribution in [2.45, 2.75) is 19.8 Å². The Hall–Kier alpha value is -2.56. The first-order valence-corrected chi connectivity index (χ1v) is 7.65. The van der Waals surface area contributed by atoms with E-state index in [4.69, 9.17) is 4.74 Å². The third-order valence-electron chi connectivity index (χ3n) is 4.05. The van der Waals surface area contributed by atoms with Gasteiger partial charge in [0.1, 0.15) is 5.82 Å². The molecular formula is C18H19FN2O2. The summed E-state index contributed by atoms with van der Waals surface area (Å²) in [4.78, 5) is 11.7. The van der Waals surface area contributed by atoms with Crippen molar-refractivity contribution in [3.8, 4) is 0 Å². The summed E-state index contributed by atoms with van der Waals surface area (Å²) in [5.74, 6) is -0.786. The van der Waals surface area contributed by atoms with E-state index in [0.29, 0.717) is 6.42 Å². The van der Waals surface area contributed by atoms with Crippen LogP contribution >= 0.6 is 0 Å². The van der Waals surface area contributed by atoms with Crippen molar-refractivity contribution in [1.29, 1.82) is 0 Å². The Morgan fingerprint density at radius 1 is 1.35 bits per heavy atom. The van der Waals surface area contributed by atoms with Gasteiger partial charge in [0.05, 0.1) is 30.1 Å². The van der Waals surface area contributed by atoms with Crippen LogP contribution in [0.1, 0.15) is 25.3 Å². The first-order chi connectivity index (χ1) is 11.1. The number of rotatable bonds is 3. The number of esters is 1. The zero-order chi connectivity index (χ0) is 16.4. The summed E-state index contributed by atoms with van der Waals surface area (Å²) in [6.45, 7) is 2.03. The Kier molecular flexibility index (Phi) is 4.19. The summed E-state index contributed by atoms with van der Waals surface area (Å²) in [6, 6.07) is 6.51. The van der Waals surface area contributed by atoms with E-state index in [9.17, 15) is 9.18 Å². The molecule has 23 heavy (non-hydrogen) atoms. The maximum absolute atomic E-state index is 13.5. The number of ether oxygens (including phenoxy) is 1. The molecule has 0 spiro atoms. The van der Waals surface area contributed by atoms with Gasteiger partial charge in [-0.1, -0.05) is 25.1 Å². The molecule has 3 rings (SSSR count). The van der Waals surface area contributed by atoms with E-state index in [1.165, 1.54) is 19.2 Å². The third-order valence-corrected chi connectivity index (χ3v) is 4.05. The Morgan fingerprint density at radius 3 is 2.87 bits per heavy atom. The maximum Gasteiger partial charge on any atom is 0.312 e. The molecule has 4 nitrogen and oxygen atoms in total. The average molecular weight is 314 g/mol. The Bertz CT molecular complexity index is 734. The average Bonchev–Trinajstić information content (AvgIpc) is 2.59. The lowest BCUT2D eigenvalue weighted by atomic mass is 9.94. The van der Waals surface area contributed by atoms with Crippen molar-refractivity contribution >= 4 is 11.7 Å². The number of carbonyl (C=O) groups is 1. The van der Waals surface area contributed by atoms with Gasteiger partial charge in [0.2, 0.25) is 0 Å². The minimum Gasteiger partial charge on any atom is -0.469 e. The summed E-state index contributed by atoms with van der Waals surface area (Å²) >= 11 is 0. The monoisotopic (exact) mass is 314 g/mol. The lowest BCUT2D eigenvalue weighted by molar-refractivity contribution is -0.143. The van der Waals surface area contributed by atoms with Crippen LogP contribution in [-0.4, -0.2) is 13.1 Å². The van der Waals surface area contributed by atoms with E-state index in [1.54, 1.807) is 6.07 Å². The summed E-state index contributed by atoms with van der Waals surface area (Å²) in [6.07, 6.45) is 5.19. The van der Waals surface area contributed by atoms with Crippen LogP contribution in [0.4, 0.5) is 4.39 Å². The van der Waals surface area contributed by atoms with Gasteiger partial charge in [-0.15, -0.1) is 0 Å². The Morgan fingerprint density at radius 2 is 2.17 bits per heavy atom. The molecule has 2 N–H and O–H groups in total. The van der Waals surface area contributed by atoms with Gasteiger partial charge < -0.3 is 15.4 Å². The maximum atomic E-state index is 13.5. The largest absolute Gasteiger partial charge is 0.469 e. The van der Waals surface area contributed by atoms with Gasteiger partial charge in [-0.05, 0) is 31.1 Å². The van der Waals surface area contributed by atoms with Crippen molar-refractivity contribution in [2.24, 2.45) is 5.92 Å². The molecule has 1 aliphatic carbocycles. The van der Waals surface area contributed by atoms with Gasteiger partial charge in [-0.3, -0.25) is 4.79 Å². The molecule has 0 aromatic heterocycles. The fourth-order valence-corrected chi connectivity index (χ4v) is 2.85. The molecular weight excluding hydrogens is 295 g/mol. The van der Waals surface area contributed by atoms with Gasteiger partial charge in [-0.25, -0.2) is 4.39 Å². The molecule has 5 heteroatoms. The van der Waals surface area contributed by atoms with Crippen LogP contribution in [0.2, 0.25) is 0 Å². The zero-order valence-corrected chi connectivity index (χ0v) is 13.2. The van der Waals surface area contributed by atoms with Crippen molar-refractivity contribution < 1.29 is 13.9 Å². The van der Waals surface area contributed by atoms with Gasteiger partial charge in [-0.2, -0.15) is 0 Å². The first-order valence-electron chi connectivity index (χ1n) is 7.65. The van der Waals surface area contributed by atoms with Crippen molar-refractivity contribution in [1.82, 2.24) is 10.6 Å². The lowest BCUT2D eigenvalue weighted by Crippen LogP contribution is -2.34. The van der Waals surface area contributed by atoms with E-state index in [1.807, 2.05) is 25.1 Å². The molecule has 1 heterocycles.